The van der Waals surface area contributed by atoms with Crippen molar-refractivity contribution < 1.29 is 0 Å². The van der Waals surface area contributed by atoms with Crippen molar-refractivity contribution in [3.63, 3.8) is 0 Å². The molecular formula is C13H21N5. The van der Waals surface area contributed by atoms with Gasteiger partial charge in [-0.3, -0.25) is 5.10 Å². The van der Waals surface area contributed by atoms with Gasteiger partial charge in [-0.1, -0.05) is 0 Å². The van der Waals surface area contributed by atoms with E-state index in [0.717, 1.165) is 25.3 Å². The molecule has 5 nitrogen and oxygen atoms in total. The fraction of sp³-hybridized carbons (Fsp3) is 0.538. The monoisotopic (exact) mass is 247 g/mol. The number of aromatic amines is 1. The Balaban J connectivity index is 1.87. The number of nitrogens with zero attached hydrogens (tertiary/aromatic N) is 3. The second kappa shape index (κ2) is 5.71. The van der Waals surface area contributed by atoms with Crippen molar-refractivity contribution in [1.82, 2.24) is 19.7 Å². The summed E-state index contributed by atoms with van der Waals surface area (Å²) in [7, 11) is 0. The molecule has 2 rings (SSSR count). The lowest BCUT2D eigenvalue weighted by Crippen LogP contribution is -2.14. The van der Waals surface area contributed by atoms with Gasteiger partial charge in [-0.25, -0.2) is 4.98 Å². The Morgan fingerprint density at radius 2 is 2.28 bits per heavy atom. The molecule has 98 valence electrons. The zero-order valence-corrected chi connectivity index (χ0v) is 11.3. The molecule has 2 aromatic heterocycles. The van der Waals surface area contributed by atoms with Crippen LogP contribution in [0.1, 0.15) is 31.5 Å². The summed E-state index contributed by atoms with van der Waals surface area (Å²) in [4.78, 5) is 4.32. The van der Waals surface area contributed by atoms with Crippen molar-refractivity contribution in [2.45, 2.75) is 46.2 Å². The third-order valence-electron chi connectivity index (χ3n) is 2.91. The van der Waals surface area contributed by atoms with Crippen molar-refractivity contribution in [1.29, 1.82) is 0 Å². The molecule has 0 bridgehead atoms. The number of aromatic nitrogens is 4. The number of hydrogen-bond acceptors (Lipinski definition) is 3. The topological polar surface area (TPSA) is 58.5 Å². The predicted molar refractivity (Wildman–Crippen MR) is 72.6 cm³/mol. The Morgan fingerprint density at radius 3 is 2.94 bits per heavy atom. The fourth-order valence-corrected chi connectivity index (χ4v) is 1.96. The molecular weight excluding hydrogens is 226 g/mol. The smallest absolute Gasteiger partial charge is 0.202 e. The first-order chi connectivity index (χ1) is 8.66. The number of hydrogen-bond donors (Lipinski definition) is 2. The molecule has 5 heteroatoms. The van der Waals surface area contributed by atoms with E-state index in [1.54, 1.807) is 0 Å². The van der Waals surface area contributed by atoms with E-state index < -0.39 is 0 Å². The van der Waals surface area contributed by atoms with Gasteiger partial charge in [-0.2, -0.15) is 5.10 Å². The van der Waals surface area contributed by atoms with Crippen molar-refractivity contribution >= 4 is 5.95 Å². The van der Waals surface area contributed by atoms with E-state index in [0.29, 0.717) is 6.04 Å². The van der Waals surface area contributed by atoms with E-state index in [1.165, 1.54) is 11.3 Å². The van der Waals surface area contributed by atoms with Gasteiger partial charge in [-0.15, -0.1) is 0 Å². The quantitative estimate of drug-likeness (QED) is 0.824. The summed E-state index contributed by atoms with van der Waals surface area (Å²) >= 11 is 0. The number of nitrogens with one attached hydrogen (secondary N) is 2. The van der Waals surface area contributed by atoms with E-state index in [2.05, 4.69) is 45.8 Å². The lowest BCUT2D eigenvalue weighted by atomic mass is 10.1. The van der Waals surface area contributed by atoms with E-state index in [-0.39, 0.29) is 0 Å². The predicted octanol–water partition coefficient (Wildman–Crippen LogP) is 2.37. The standard InChI is InChI=1S/C13H21N5/c1-10(2)16-13-14-6-8-18(13)7-4-5-12-9-15-17-11(12)3/h6,8-10H,4-5,7H2,1-3H3,(H,14,16)(H,15,17). The van der Waals surface area contributed by atoms with Crippen LogP contribution >= 0.6 is 0 Å². The summed E-state index contributed by atoms with van der Waals surface area (Å²) in [6.45, 7) is 7.27. The second-order valence-corrected chi connectivity index (χ2v) is 4.87. The van der Waals surface area contributed by atoms with E-state index in [1.807, 2.05) is 18.6 Å². The molecule has 2 aromatic rings. The zero-order chi connectivity index (χ0) is 13.0. The van der Waals surface area contributed by atoms with Crippen LogP contribution in [0.3, 0.4) is 0 Å². The van der Waals surface area contributed by atoms with Gasteiger partial charge in [0.05, 0.1) is 6.20 Å². The highest BCUT2D eigenvalue weighted by atomic mass is 15.2. The third-order valence-corrected chi connectivity index (χ3v) is 2.91. The molecule has 0 amide bonds. The third kappa shape index (κ3) is 3.12. The van der Waals surface area contributed by atoms with Gasteiger partial charge in [0.25, 0.3) is 0 Å². The summed E-state index contributed by atoms with van der Waals surface area (Å²) in [6, 6.07) is 0.405. The fourth-order valence-electron chi connectivity index (χ4n) is 1.96. The van der Waals surface area contributed by atoms with Crippen molar-refractivity contribution in [3.05, 3.63) is 29.8 Å². The van der Waals surface area contributed by atoms with Crippen molar-refractivity contribution in [2.75, 3.05) is 5.32 Å². The molecule has 0 aliphatic rings. The Labute approximate surface area is 108 Å². The lowest BCUT2D eigenvalue weighted by Gasteiger charge is -2.12. The SMILES string of the molecule is Cc1[nH]ncc1CCCn1ccnc1NC(C)C. The molecule has 18 heavy (non-hydrogen) atoms. The zero-order valence-electron chi connectivity index (χ0n) is 11.3. The summed E-state index contributed by atoms with van der Waals surface area (Å²) < 4.78 is 2.16. The number of aryl methyl sites for hydroxylation is 3. The second-order valence-electron chi connectivity index (χ2n) is 4.87. The molecule has 0 fully saturated rings. The highest BCUT2D eigenvalue weighted by molar-refractivity contribution is 5.26. The van der Waals surface area contributed by atoms with E-state index in [9.17, 15) is 0 Å². The van der Waals surface area contributed by atoms with Crippen LogP contribution in [-0.4, -0.2) is 25.8 Å². The van der Waals surface area contributed by atoms with Crippen LogP contribution in [0.5, 0.6) is 0 Å². The average molecular weight is 247 g/mol. The Bertz CT molecular complexity index is 483. The largest absolute Gasteiger partial charge is 0.353 e. The Kier molecular flexibility index (Phi) is 4.02. The maximum Gasteiger partial charge on any atom is 0.202 e. The van der Waals surface area contributed by atoms with E-state index in [4.69, 9.17) is 0 Å². The molecule has 0 atom stereocenters. The van der Waals surface area contributed by atoms with Gasteiger partial charge < -0.3 is 9.88 Å². The molecule has 0 aliphatic carbocycles. The van der Waals surface area contributed by atoms with Gasteiger partial charge in [0.2, 0.25) is 5.95 Å². The Hall–Kier alpha value is -1.78. The molecule has 2 heterocycles. The number of anilines is 1. The van der Waals surface area contributed by atoms with Gasteiger partial charge in [-0.05, 0) is 39.2 Å². The van der Waals surface area contributed by atoms with E-state index >= 15 is 0 Å². The van der Waals surface area contributed by atoms with Gasteiger partial charge in [0.1, 0.15) is 0 Å². The van der Waals surface area contributed by atoms with Crippen LogP contribution in [0.4, 0.5) is 5.95 Å². The number of H-pyrrole nitrogens is 1. The maximum atomic E-state index is 4.32. The maximum absolute atomic E-state index is 4.32. The normalized spacial score (nSPS) is 11.1. The van der Waals surface area contributed by atoms with Crippen LogP contribution in [0.25, 0.3) is 0 Å². The van der Waals surface area contributed by atoms with Gasteiger partial charge in [0, 0.05) is 30.7 Å². The van der Waals surface area contributed by atoms with Crippen molar-refractivity contribution in [2.24, 2.45) is 0 Å². The molecule has 0 aliphatic heterocycles. The molecule has 0 saturated carbocycles. The summed E-state index contributed by atoms with van der Waals surface area (Å²) in [5, 5.41) is 10.3. The van der Waals surface area contributed by atoms with Crippen LogP contribution in [0.2, 0.25) is 0 Å². The molecule has 0 spiro atoms. The minimum absolute atomic E-state index is 0.405. The lowest BCUT2D eigenvalue weighted by molar-refractivity contribution is 0.640. The van der Waals surface area contributed by atoms with Crippen LogP contribution in [0.15, 0.2) is 18.6 Å². The van der Waals surface area contributed by atoms with Crippen LogP contribution in [-0.2, 0) is 13.0 Å². The molecule has 2 N–H and O–H groups in total. The molecule has 0 aromatic carbocycles. The Morgan fingerprint density at radius 1 is 1.44 bits per heavy atom. The average Bonchev–Trinajstić information content (AvgIpc) is 2.89. The molecule has 0 unspecified atom stereocenters. The molecule has 0 radical (unpaired) electrons. The van der Waals surface area contributed by atoms with Crippen molar-refractivity contribution in [3.8, 4) is 0 Å². The highest BCUT2D eigenvalue weighted by Crippen LogP contribution is 2.10. The number of rotatable bonds is 6. The first-order valence-corrected chi connectivity index (χ1v) is 6.43. The first-order valence-electron chi connectivity index (χ1n) is 6.43. The summed E-state index contributed by atoms with van der Waals surface area (Å²) in [5.41, 5.74) is 2.47. The van der Waals surface area contributed by atoms with Gasteiger partial charge in [0.15, 0.2) is 0 Å². The highest BCUT2D eigenvalue weighted by Gasteiger charge is 2.05. The summed E-state index contributed by atoms with van der Waals surface area (Å²) in [5.74, 6) is 0.953. The minimum atomic E-state index is 0.405. The van der Waals surface area contributed by atoms with Gasteiger partial charge >= 0.3 is 0 Å². The summed E-state index contributed by atoms with van der Waals surface area (Å²) in [6.07, 6.45) is 7.91. The van der Waals surface area contributed by atoms with Crippen LogP contribution < -0.4 is 5.32 Å². The van der Waals surface area contributed by atoms with Crippen LogP contribution in [0, 0.1) is 6.92 Å². The first kappa shape index (κ1) is 12.7. The minimum Gasteiger partial charge on any atom is -0.353 e. The number of imidazole rings is 1. The molecule has 0 saturated heterocycles.